The average Bonchev–Trinajstić information content (AvgIpc) is 2.59. The van der Waals surface area contributed by atoms with Crippen LogP contribution in [0, 0.1) is 0 Å². The summed E-state index contributed by atoms with van der Waals surface area (Å²) >= 11 is 0. The molecule has 2 aromatic carbocycles. The van der Waals surface area contributed by atoms with Gasteiger partial charge in [-0.05, 0) is 35.5 Å². The van der Waals surface area contributed by atoms with E-state index in [1.54, 1.807) is 76.4 Å². The van der Waals surface area contributed by atoms with Gasteiger partial charge in [0.05, 0.1) is 7.11 Å². The van der Waals surface area contributed by atoms with Gasteiger partial charge in [0, 0.05) is 22.5 Å². The van der Waals surface area contributed by atoms with Crippen LogP contribution in [0.4, 0.5) is 16.2 Å². The van der Waals surface area contributed by atoms with E-state index in [1.807, 2.05) is 6.07 Å². The summed E-state index contributed by atoms with van der Waals surface area (Å²) in [5.74, 6) is 0.652. The highest BCUT2D eigenvalue weighted by atomic mass is 28.4. The molecule has 0 heterocycles. The zero-order valence-corrected chi connectivity index (χ0v) is 17.0. The molecular weight excluding hydrogens is 360 g/mol. The van der Waals surface area contributed by atoms with Gasteiger partial charge in [0.2, 0.25) is 0 Å². The van der Waals surface area contributed by atoms with Crippen LogP contribution in [0.15, 0.2) is 54.2 Å². The fourth-order valence-electron chi connectivity index (χ4n) is 2.18. The highest BCUT2D eigenvalue weighted by molar-refractivity contribution is 6.73. The highest BCUT2D eigenvalue weighted by Crippen LogP contribution is 2.33. The summed E-state index contributed by atoms with van der Waals surface area (Å²) in [5, 5.41) is 4.91. The molecule has 0 unspecified atom stereocenters. The lowest BCUT2D eigenvalue weighted by Gasteiger charge is -2.28. The molecule has 0 spiro atoms. The van der Waals surface area contributed by atoms with Crippen LogP contribution in [0.2, 0.25) is 5.04 Å². The third-order valence-electron chi connectivity index (χ3n) is 4.08. The van der Waals surface area contributed by atoms with Gasteiger partial charge in [-0.3, -0.25) is 0 Å². The molecule has 2 amide bonds. The van der Waals surface area contributed by atoms with E-state index in [1.165, 1.54) is 5.70 Å². The Morgan fingerprint density at radius 3 is 2.22 bits per heavy atom. The number of rotatable bonds is 5. The van der Waals surface area contributed by atoms with Crippen LogP contribution in [0.5, 0.6) is 5.75 Å². The van der Waals surface area contributed by atoms with Crippen LogP contribution in [0.3, 0.4) is 0 Å². The number of urea groups is 1. The lowest BCUT2D eigenvalue weighted by molar-refractivity contribution is 0.262. The topological polar surface area (TPSA) is 90.8 Å². The van der Waals surface area contributed by atoms with Gasteiger partial charge in [0.1, 0.15) is 5.75 Å². The summed E-state index contributed by atoms with van der Waals surface area (Å²) in [5.41, 5.74) is 3.45. The fraction of sp³-hybridized carbons (Fsp3) is 0.250. The van der Waals surface area contributed by atoms with Gasteiger partial charge in [-0.15, -0.1) is 0 Å². The molecule has 0 fully saturated rings. The van der Waals surface area contributed by atoms with Gasteiger partial charge in [-0.2, -0.15) is 0 Å². The van der Waals surface area contributed by atoms with Crippen LogP contribution >= 0.6 is 0 Å². The largest absolute Gasteiger partial charge is 0.497 e. The van der Waals surface area contributed by atoms with Crippen LogP contribution in [-0.4, -0.2) is 31.3 Å². The molecule has 0 aliphatic carbocycles. The number of nitrogens with one attached hydrogen (secondary N) is 2. The number of benzene rings is 2. The van der Waals surface area contributed by atoms with Gasteiger partial charge in [-0.1, -0.05) is 45.0 Å². The van der Waals surface area contributed by atoms with E-state index < -0.39 is 13.6 Å². The Hall–Kier alpha value is -2.61. The molecule has 2 aromatic rings. The number of carbonyl (C=O) groups is 1. The SMILES string of the molecule is COc1cccc(NC(=O)Nc2cccc(C=C[Si](O)(O)C(C)(C)C)c2)c1. The van der Waals surface area contributed by atoms with E-state index in [2.05, 4.69) is 10.6 Å². The van der Waals surface area contributed by atoms with Crippen molar-refractivity contribution in [1.29, 1.82) is 0 Å². The number of hydrogen-bond donors (Lipinski definition) is 4. The molecule has 27 heavy (non-hydrogen) atoms. The number of anilines is 2. The van der Waals surface area contributed by atoms with Gasteiger partial charge < -0.3 is 25.0 Å². The average molecular weight is 387 g/mol. The van der Waals surface area contributed by atoms with Crippen molar-refractivity contribution in [3.05, 3.63) is 59.8 Å². The second-order valence-corrected chi connectivity index (χ2v) is 10.5. The first-order chi connectivity index (χ1) is 12.6. The number of hydrogen-bond acceptors (Lipinski definition) is 4. The molecule has 4 N–H and O–H groups in total. The standard InChI is InChI=1S/C20H26N2O4Si/c1-20(2,3)27(24,25)12-11-15-7-5-8-16(13-15)21-19(23)22-17-9-6-10-18(14-17)26-4/h5-14,24-25H,1-4H3,(H2,21,22,23). The highest BCUT2D eigenvalue weighted by Gasteiger charge is 2.40. The molecular formula is C20H26N2O4Si. The Kier molecular flexibility index (Phi) is 6.43. The second-order valence-electron chi connectivity index (χ2n) is 7.25. The monoisotopic (exact) mass is 386 g/mol. The van der Waals surface area contributed by atoms with Gasteiger partial charge in [-0.25, -0.2) is 4.79 Å². The molecule has 0 saturated heterocycles. The van der Waals surface area contributed by atoms with Crippen molar-refractivity contribution in [2.45, 2.75) is 25.8 Å². The molecule has 0 aromatic heterocycles. The number of amides is 2. The first kappa shape index (κ1) is 20.7. The molecule has 0 atom stereocenters. The molecule has 7 heteroatoms. The molecule has 0 aliphatic rings. The predicted octanol–water partition coefficient (Wildman–Crippen LogP) is 4.12. The zero-order valence-electron chi connectivity index (χ0n) is 16.0. The van der Waals surface area contributed by atoms with Crippen molar-refractivity contribution in [3.8, 4) is 5.75 Å². The molecule has 6 nitrogen and oxygen atoms in total. The van der Waals surface area contributed by atoms with Crippen molar-refractivity contribution >= 4 is 32.0 Å². The first-order valence-electron chi connectivity index (χ1n) is 8.57. The fourth-order valence-corrected chi connectivity index (χ4v) is 3.10. The lowest BCUT2D eigenvalue weighted by atomic mass is 10.2. The molecule has 0 radical (unpaired) electrons. The predicted molar refractivity (Wildman–Crippen MR) is 111 cm³/mol. The van der Waals surface area contributed by atoms with Crippen LogP contribution < -0.4 is 15.4 Å². The van der Waals surface area contributed by atoms with Crippen LogP contribution in [0.1, 0.15) is 26.3 Å². The molecule has 0 saturated carbocycles. The minimum atomic E-state index is -3.49. The van der Waals surface area contributed by atoms with E-state index in [-0.39, 0.29) is 6.03 Å². The van der Waals surface area contributed by atoms with E-state index >= 15 is 0 Å². The maximum Gasteiger partial charge on any atom is 0.365 e. The summed E-state index contributed by atoms with van der Waals surface area (Å²) < 4.78 is 5.13. The van der Waals surface area contributed by atoms with Crippen molar-refractivity contribution in [3.63, 3.8) is 0 Å². The quantitative estimate of drug-likeness (QED) is 0.582. The maximum atomic E-state index is 12.2. The summed E-state index contributed by atoms with van der Waals surface area (Å²) in [4.78, 5) is 32.7. The Balaban J connectivity index is 2.05. The third-order valence-corrected chi connectivity index (χ3v) is 6.92. The number of methoxy groups -OCH3 is 1. The van der Waals surface area contributed by atoms with Gasteiger partial charge in [0.15, 0.2) is 0 Å². The Labute approximate surface area is 160 Å². The molecule has 0 aliphatic heterocycles. The summed E-state index contributed by atoms with van der Waals surface area (Å²) in [6.07, 6.45) is 1.67. The molecule has 2 rings (SSSR count). The minimum Gasteiger partial charge on any atom is -0.497 e. The van der Waals surface area contributed by atoms with Crippen molar-refractivity contribution in [2.75, 3.05) is 17.7 Å². The van der Waals surface area contributed by atoms with E-state index in [0.29, 0.717) is 17.1 Å². The van der Waals surface area contributed by atoms with E-state index in [4.69, 9.17) is 4.74 Å². The number of ether oxygens (including phenoxy) is 1. The summed E-state index contributed by atoms with van der Waals surface area (Å²) in [6, 6.07) is 13.8. The second kappa shape index (κ2) is 8.39. The normalized spacial score (nSPS) is 12.1. The zero-order chi connectivity index (χ0) is 20.1. The first-order valence-corrected chi connectivity index (χ1v) is 10.5. The van der Waals surface area contributed by atoms with Crippen molar-refractivity contribution in [1.82, 2.24) is 0 Å². The lowest BCUT2D eigenvalue weighted by Crippen LogP contribution is -2.42. The molecule has 144 valence electrons. The van der Waals surface area contributed by atoms with Gasteiger partial charge in [0.25, 0.3) is 0 Å². The Morgan fingerprint density at radius 1 is 1.04 bits per heavy atom. The maximum absolute atomic E-state index is 12.2. The van der Waals surface area contributed by atoms with Gasteiger partial charge >= 0.3 is 14.6 Å². The minimum absolute atomic E-state index is 0.382. The van der Waals surface area contributed by atoms with E-state index in [0.717, 1.165) is 5.56 Å². The third kappa shape index (κ3) is 5.95. The summed E-state index contributed by atoms with van der Waals surface area (Å²) in [6.45, 7) is 5.39. The van der Waals surface area contributed by atoms with E-state index in [9.17, 15) is 14.4 Å². The Bertz CT molecular complexity index is 829. The Morgan fingerprint density at radius 2 is 1.63 bits per heavy atom. The number of carbonyl (C=O) groups excluding carboxylic acids is 1. The van der Waals surface area contributed by atoms with Crippen LogP contribution in [0.25, 0.3) is 6.08 Å². The van der Waals surface area contributed by atoms with Crippen molar-refractivity contribution in [2.24, 2.45) is 0 Å². The molecule has 0 bridgehead atoms. The summed E-state index contributed by atoms with van der Waals surface area (Å²) in [7, 11) is -1.93. The smallest absolute Gasteiger partial charge is 0.365 e. The van der Waals surface area contributed by atoms with Crippen molar-refractivity contribution < 1.29 is 19.1 Å². The van der Waals surface area contributed by atoms with Crippen LogP contribution in [-0.2, 0) is 0 Å².